The minimum Gasteiger partial charge on any atom is -0.478 e. The number of ether oxygens (including phenoxy) is 1. The first-order valence-corrected chi connectivity index (χ1v) is 11.6. The molecule has 4 fully saturated rings. The SMILES string of the molecule is Cc1ccc(OC(C)(C)C(=O)NC2C3CC4CC2CC(S(N)(=O)=O)(C4)C3)cc1. The third-order valence-electron chi connectivity index (χ3n) is 7.06. The van der Waals surface area contributed by atoms with Crippen molar-refractivity contribution >= 4 is 15.9 Å². The molecule has 0 spiro atoms. The van der Waals surface area contributed by atoms with Crippen molar-refractivity contribution in [3.05, 3.63) is 29.8 Å². The third-order valence-corrected chi connectivity index (χ3v) is 8.77. The second-order valence-corrected chi connectivity index (χ2v) is 11.6. The lowest BCUT2D eigenvalue weighted by atomic mass is 9.53. The number of amides is 1. The summed E-state index contributed by atoms with van der Waals surface area (Å²) >= 11 is 0. The maximum atomic E-state index is 13.0. The summed E-state index contributed by atoms with van der Waals surface area (Å²) in [5, 5.41) is 8.81. The van der Waals surface area contributed by atoms with E-state index in [-0.39, 0.29) is 23.8 Å². The van der Waals surface area contributed by atoms with Crippen molar-refractivity contribution in [3.63, 3.8) is 0 Å². The van der Waals surface area contributed by atoms with Crippen molar-refractivity contribution < 1.29 is 17.9 Å². The second kappa shape index (κ2) is 6.46. The summed E-state index contributed by atoms with van der Waals surface area (Å²) in [5.41, 5.74) is 0.119. The van der Waals surface area contributed by atoms with Gasteiger partial charge in [-0.25, -0.2) is 13.6 Å². The Labute approximate surface area is 167 Å². The number of nitrogens with one attached hydrogen (secondary N) is 1. The van der Waals surface area contributed by atoms with Gasteiger partial charge < -0.3 is 10.1 Å². The van der Waals surface area contributed by atoms with Gasteiger partial charge in [0, 0.05) is 6.04 Å². The number of hydrogen-bond acceptors (Lipinski definition) is 4. The van der Waals surface area contributed by atoms with Gasteiger partial charge in [0.2, 0.25) is 10.0 Å². The first kappa shape index (κ1) is 19.7. The summed E-state index contributed by atoms with van der Waals surface area (Å²) in [6, 6.07) is 7.63. The maximum Gasteiger partial charge on any atom is 0.263 e. The summed E-state index contributed by atoms with van der Waals surface area (Å²) < 4.78 is 29.7. The van der Waals surface area contributed by atoms with Crippen LogP contribution in [0.5, 0.6) is 5.75 Å². The van der Waals surface area contributed by atoms with Crippen LogP contribution in [0, 0.1) is 24.7 Å². The lowest BCUT2D eigenvalue weighted by Crippen LogP contribution is -2.66. The van der Waals surface area contributed by atoms with Gasteiger partial charge in [0.1, 0.15) is 5.75 Å². The quantitative estimate of drug-likeness (QED) is 0.785. The number of nitrogens with two attached hydrogens (primary N) is 1. The number of rotatable bonds is 5. The lowest BCUT2D eigenvalue weighted by molar-refractivity contribution is -0.137. The van der Waals surface area contributed by atoms with Crippen molar-refractivity contribution in [2.75, 3.05) is 0 Å². The van der Waals surface area contributed by atoms with Crippen molar-refractivity contribution in [2.45, 2.75) is 69.3 Å². The van der Waals surface area contributed by atoms with Gasteiger partial charge in [0.05, 0.1) is 4.75 Å². The van der Waals surface area contributed by atoms with Crippen LogP contribution in [-0.4, -0.2) is 30.7 Å². The number of primary sulfonamides is 1. The van der Waals surface area contributed by atoms with Gasteiger partial charge in [0.15, 0.2) is 5.60 Å². The molecule has 4 aliphatic rings. The van der Waals surface area contributed by atoms with Crippen molar-refractivity contribution in [2.24, 2.45) is 22.9 Å². The minimum absolute atomic E-state index is 0.000169. The van der Waals surface area contributed by atoms with Crippen molar-refractivity contribution in [1.82, 2.24) is 5.32 Å². The van der Waals surface area contributed by atoms with E-state index in [1.165, 1.54) is 0 Å². The van der Waals surface area contributed by atoms with E-state index in [4.69, 9.17) is 9.88 Å². The molecule has 28 heavy (non-hydrogen) atoms. The predicted octanol–water partition coefficient (Wildman–Crippen LogP) is 2.50. The van der Waals surface area contributed by atoms with E-state index in [1.807, 2.05) is 31.2 Å². The van der Waals surface area contributed by atoms with E-state index in [1.54, 1.807) is 13.8 Å². The molecule has 0 aliphatic heterocycles. The fourth-order valence-corrected chi connectivity index (χ4v) is 7.17. The van der Waals surface area contributed by atoms with E-state index in [9.17, 15) is 13.2 Å². The Kier molecular flexibility index (Phi) is 4.54. The molecular weight excluding hydrogens is 376 g/mol. The highest BCUT2D eigenvalue weighted by molar-refractivity contribution is 7.90. The molecule has 4 saturated carbocycles. The Hall–Kier alpha value is -1.60. The summed E-state index contributed by atoms with van der Waals surface area (Å²) in [6.45, 7) is 5.54. The smallest absolute Gasteiger partial charge is 0.263 e. The maximum absolute atomic E-state index is 13.0. The first-order chi connectivity index (χ1) is 13.0. The van der Waals surface area contributed by atoms with E-state index >= 15 is 0 Å². The van der Waals surface area contributed by atoms with Crippen LogP contribution in [0.15, 0.2) is 24.3 Å². The minimum atomic E-state index is -3.58. The summed E-state index contributed by atoms with van der Waals surface area (Å²) in [5.74, 6) is 1.24. The summed E-state index contributed by atoms with van der Waals surface area (Å²) in [4.78, 5) is 13.0. The molecule has 1 aromatic carbocycles. The molecule has 7 heteroatoms. The molecule has 0 saturated heterocycles. The highest BCUT2D eigenvalue weighted by Crippen LogP contribution is 2.58. The first-order valence-electron chi connectivity index (χ1n) is 10.1. The molecule has 3 N–H and O–H groups in total. The number of sulfonamides is 1. The zero-order chi connectivity index (χ0) is 20.3. The Morgan fingerprint density at radius 1 is 1.14 bits per heavy atom. The number of carbonyl (C=O) groups is 1. The van der Waals surface area contributed by atoms with Crippen LogP contribution in [0.3, 0.4) is 0 Å². The molecule has 4 aliphatic carbocycles. The average molecular weight is 407 g/mol. The molecule has 4 bridgehead atoms. The molecule has 154 valence electrons. The third kappa shape index (κ3) is 3.32. The predicted molar refractivity (Wildman–Crippen MR) is 107 cm³/mol. The van der Waals surface area contributed by atoms with Gasteiger partial charge in [-0.2, -0.15) is 0 Å². The molecule has 0 heterocycles. The Balaban J connectivity index is 1.47. The zero-order valence-electron chi connectivity index (χ0n) is 16.8. The van der Waals surface area contributed by atoms with Gasteiger partial charge in [-0.1, -0.05) is 17.7 Å². The molecule has 1 amide bonds. The van der Waals surface area contributed by atoms with Crippen molar-refractivity contribution in [1.29, 1.82) is 0 Å². The van der Waals surface area contributed by atoms with Crippen LogP contribution < -0.4 is 15.2 Å². The molecule has 6 nitrogen and oxygen atoms in total. The molecule has 2 unspecified atom stereocenters. The number of aryl methyl sites for hydroxylation is 1. The van der Waals surface area contributed by atoms with E-state index in [2.05, 4.69) is 5.32 Å². The van der Waals surface area contributed by atoms with Gasteiger partial charge in [-0.05, 0) is 82.8 Å². The fraction of sp³-hybridized carbons (Fsp3) is 0.667. The van der Waals surface area contributed by atoms with Crippen molar-refractivity contribution in [3.8, 4) is 5.75 Å². The molecular formula is C21H30N2O4S. The van der Waals surface area contributed by atoms with Crippen LogP contribution in [-0.2, 0) is 14.8 Å². The Morgan fingerprint density at radius 2 is 1.71 bits per heavy atom. The molecule has 1 aromatic rings. The van der Waals surface area contributed by atoms with E-state index in [0.717, 1.165) is 18.4 Å². The molecule has 2 atom stereocenters. The summed E-state index contributed by atoms with van der Waals surface area (Å²) in [6.07, 6.45) is 3.74. The van der Waals surface area contributed by atoms with Gasteiger partial charge in [-0.3, -0.25) is 4.79 Å². The highest BCUT2D eigenvalue weighted by atomic mass is 32.2. The van der Waals surface area contributed by atoms with Gasteiger partial charge in [-0.15, -0.1) is 0 Å². The van der Waals surface area contributed by atoms with E-state index in [0.29, 0.717) is 30.9 Å². The second-order valence-electron chi connectivity index (χ2n) is 9.62. The topological polar surface area (TPSA) is 98.5 Å². The number of hydrogen-bond donors (Lipinski definition) is 2. The number of carbonyl (C=O) groups excluding carboxylic acids is 1. The fourth-order valence-electron chi connectivity index (χ4n) is 5.81. The van der Waals surface area contributed by atoms with Crippen LogP contribution in [0.1, 0.15) is 51.5 Å². The van der Waals surface area contributed by atoms with Crippen LogP contribution in [0.25, 0.3) is 0 Å². The summed E-state index contributed by atoms with van der Waals surface area (Å²) in [7, 11) is -3.58. The lowest BCUT2D eigenvalue weighted by Gasteiger charge is -2.59. The molecule has 5 rings (SSSR count). The van der Waals surface area contributed by atoms with Gasteiger partial charge >= 0.3 is 0 Å². The molecule has 0 radical (unpaired) electrons. The standard InChI is InChI=1S/C21H30N2O4S/c1-13-4-6-17(7-5-13)27-20(2,3)19(24)23-18-15-8-14-9-16(18)12-21(10-14,11-15)28(22,25)26/h4-7,14-16,18H,8-12H2,1-3H3,(H,23,24)(H2,22,25,26). The zero-order valence-corrected chi connectivity index (χ0v) is 17.6. The normalized spacial score (nSPS) is 34.3. The number of benzene rings is 1. The van der Waals surface area contributed by atoms with Crippen LogP contribution in [0.2, 0.25) is 0 Å². The highest BCUT2D eigenvalue weighted by Gasteiger charge is 2.60. The Morgan fingerprint density at radius 3 is 2.25 bits per heavy atom. The Bertz CT molecular complexity index is 862. The van der Waals surface area contributed by atoms with Crippen LogP contribution >= 0.6 is 0 Å². The van der Waals surface area contributed by atoms with Crippen LogP contribution in [0.4, 0.5) is 0 Å². The van der Waals surface area contributed by atoms with E-state index < -0.39 is 20.4 Å². The largest absolute Gasteiger partial charge is 0.478 e. The monoisotopic (exact) mass is 406 g/mol. The molecule has 0 aromatic heterocycles. The average Bonchev–Trinajstić information content (AvgIpc) is 2.58. The van der Waals surface area contributed by atoms with Gasteiger partial charge in [0.25, 0.3) is 5.91 Å².